The Hall–Kier alpha value is -0.0800. The van der Waals surface area contributed by atoms with Gasteiger partial charge in [-0.2, -0.15) is 0 Å². The minimum absolute atomic E-state index is 0.711. The van der Waals surface area contributed by atoms with E-state index in [2.05, 4.69) is 30.6 Å². The molecule has 0 N–H and O–H groups in total. The molecule has 2 aliphatic heterocycles. The lowest BCUT2D eigenvalue weighted by Gasteiger charge is -2.56. The summed E-state index contributed by atoms with van der Waals surface area (Å²) in [5.41, 5.74) is 0.711. The third-order valence-corrected chi connectivity index (χ3v) is 6.17. The Labute approximate surface area is 119 Å². The van der Waals surface area contributed by atoms with E-state index in [1.807, 2.05) is 0 Å². The molecule has 0 unspecified atom stereocenters. The number of hydrogen-bond acceptors (Lipinski definition) is 2. The topological polar surface area (TPSA) is 6.48 Å². The van der Waals surface area contributed by atoms with Gasteiger partial charge in [-0.05, 0) is 76.8 Å². The molecule has 0 aromatic heterocycles. The van der Waals surface area contributed by atoms with Crippen LogP contribution in [-0.2, 0) is 0 Å². The average molecular weight is 264 g/mol. The number of rotatable bonds is 2. The highest BCUT2D eigenvalue weighted by Gasteiger charge is 2.46. The molecule has 2 heterocycles. The molecule has 2 saturated heterocycles. The maximum Gasteiger partial charge on any atom is 0.00954 e. The zero-order valence-corrected chi connectivity index (χ0v) is 13.2. The van der Waals surface area contributed by atoms with Gasteiger partial charge >= 0.3 is 0 Å². The summed E-state index contributed by atoms with van der Waals surface area (Å²) >= 11 is 0. The molecule has 2 nitrogen and oxygen atoms in total. The van der Waals surface area contributed by atoms with Gasteiger partial charge in [-0.15, -0.1) is 0 Å². The number of nitrogens with zero attached hydrogens (tertiary/aromatic N) is 2. The monoisotopic (exact) mass is 264 g/mol. The van der Waals surface area contributed by atoms with E-state index in [0.29, 0.717) is 5.41 Å². The summed E-state index contributed by atoms with van der Waals surface area (Å²) in [5, 5.41) is 0. The van der Waals surface area contributed by atoms with Crippen molar-refractivity contribution in [1.29, 1.82) is 0 Å². The highest BCUT2D eigenvalue weighted by molar-refractivity contribution is 5.00. The summed E-state index contributed by atoms with van der Waals surface area (Å²) in [6, 6.07) is 1.68. The van der Waals surface area contributed by atoms with Crippen LogP contribution in [-0.4, -0.2) is 48.1 Å². The molecule has 110 valence electrons. The smallest absolute Gasteiger partial charge is 0.00954 e. The maximum atomic E-state index is 2.83. The number of likely N-dealkylation sites (tertiary alicyclic amines) is 2. The van der Waals surface area contributed by atoms with Crippen LogP contribution < -0.4 is 0 Å². The van der Waals surface area contributed by atoms with Gasteiger partial charge in [-0.1, -0.05) is 6.92 Å². The van der Waals surface area contributed by atoms with Crippen molar-refractivity contribution in [3.63, 3.8) is 0 Å². The van der Waals surface area contributed by atoms with E-state index in [4.69, 9.17) is 0 Å². The molecule has 3 fully saturated rings. The average Bonchev–Trinajstić information content (AvgIpc) is 2.37. The summed E-state index contributed by atoms with van der Waals surface area (Å²) in [4.78, 5) is 5.48. The van der Waals surface area contributed by atoms with E-state index < -0.39 is 0 Å². The van der Waals surface area contributed by atoms with Crippen molar-refractivity contribution in [2.75, 3.05) is 26.2 Å². The van der Waals surface area contributed by atoms with Gasteiger partial charge in [0.1, 0.15) is 0 Å². The molecule has 1 saturated carbocycles. The molecule has 0 aromatic rings. The molecule has 0 bridgehead atoms. The van der Waals surface area contributed by atoms with Gasteiger partial charge in [0, 0.05) is 25.2 Å². The summed E-state index contributed by atoms with van der Waals surface area (Å²) < 4.78 is 0. The van der Waals surface area contributed by atoms with Crippen LogP contribution in [0, 0.1) is 11.3 Å². The minimum Gasteiger partial charge on any atom is -0.300 e. The number of piperidine rings is 1. The molecule has 2 heteroatoms. The van der Waals surface area contributed by atoms with Crippen molar-refractivity contribution in [3.8, 4) is 0 Å². The standard InChI is InChI=1S/C17H32N2/c1-14(2)19-12-17(13-19)8-10-18(11-9-17)16-6-4-15(3)5-7-16/h14-16H,4-13H2,1-3H3. The van der Waals surface area contributed by atoms with Gasteiger partial charge in [-0.25, -0.2) is 0 Å². The second-order valence-corrected chi connectivity index (χ2v) is 7.95. The fraction of sp³-hybridized carbons (Fsp3) is 1.00. The van der Waals surface area contributed by atoms with Crippen LogP contribution in [0.2, 0.25) is 0 Å². The number of hydrogen-bond donors (Lipinski definition) is 0. The van der Waals surface area contributed by atoms with Crippen molar-refractivity contribution in [1.82, 2.24) is 9.80 Å². The highest BCUT2D eigenvalue weighted by Crippen LogP contribution is 2.42. The first-order chi connectivity index (χ1) is 9.08. The van der Waals surface area contributed by atoms with Gasteiger partial charge in [0.05, 0.1) is 0 Å². The Kier molecular flexibility index (Phi) is 3.92. The van der Waals surface area contributed by atoms with Crippen LogP contribution in [0.25, 0.3) is 0 Å². The van der Waals surface area contributed by atoms with Gasteiger partial charge in [0.25, 0.3) is 0 Å². The molecular formula is C17H32N2. The highest BCUT2D eigenvalue weighted by atomic mass is 15.2. The zero-order chi connectivity index (χ0) is 13.5. The maximum absolute atomic E-state index is 2.83. The van der Waals surface area contributed by atoms with E-state index in [0.717, 1.165) is 18.0 Å². The molecule has 0 radical (unpaired) electrons. The first kappa shape index (κ1) is 13.9. The molecule has 0 amide bonds. The van der Waals surface area contributed by atoms with E-state index >= 15 is 0 Å². The molecule has 1 spiro atoms. The largest absolute Gasteiger partial charge is 0.300 e. The SMILES string of the molecule is CC1CCC(N2CCC3(CC2)CN(C(C)C)C3)CC1. The second kappa shape index (κ2) is 5.37. The lowest BCUT2D eigenvalue weighted by molar-refractivity contribution is -0.0709. The Morgan fingerprint density at radius 2 is 1.53 bits per heavy atom. The van der Waals surface area contributed by atoms with Crippen molar-refractivity contribution in [2.45, 2.75) is 71.4 Å². The minimum atomic E-state index is 0.711. The quantitative estimate of drug-likeness (QED) is 0.754. The van der Waals surface area contributed by atoms with Crippen molar-refractivity contribution in [3.05, 3.63) is 0 Å². The van der Waals surface area contributed by atoms with Crippen molar-refractivity contribution in [2.24, 2.45) is 11.3 Å². The van der Waals surface area contributed by atoms with E-state index in [-0.39, 0.29) is 0 Å². The van der Waals surface area contributed by atoms with Gasteiger partial charge < -0.3 is 4.90 Å². The van der Waals surface area contributed by atoms with E-state index in [1.54, 1.807) is 0 Å². The summed E-state index contributed by atoms with van der Waals surface area (Å²) in [6.45, 7) is 12.6. The first-order valence-corrected chi connectivity index (χ1v) is 8.56. The zero-order valence-electron chi connectivity index (χ0n) is 13.2. The predicted octanol–water partition coefficient (Wildman–Crippen LogP) is 3.37. The Morgan fingerprint density at radius 1 is 0.947 bits per heavy atom. The second-order valence-electron chi connectivity index (χ2n) is 7.95. The molecule has 0 aromatic carbocycles. The molecule has 19 heavy (non-hydrogen) atoms. The fourth-order valence-electron chi connectivity index (χ4n) is 4.47. The lowest BCUT2D eigenvalue weighted by atomic mass is 9.71. The van der Waals surface area contributed by atoms with Gasteiger partial charge in [0.2, 0.25) is 0 Å². The Balaban J connectivity index is 1.45. The van der Waals surface area contributed by atoms with Gasteiger partial charge in [-0.3, -0.25) is 4.90 Å². The van der Waals surface area contributed by atoms with E-state index in [9.17, 15) is 0 Å². The van der Waals surface area contributed by atoms with Crippen molar-refractivity contribution >= 4 is 0 Å². The van der Waals surface area contributed by atoms with Crippen LogP contribution in [0.4, 0.5) is 0 Å². The van der Waals surface area contributed by atoms with Crippen molar-refractivity contribution < 1.29 is 0 Å². The van der Waals surface area contributed by atoms with E-state index in [1.165, 1.54) is 64.7 Å². The van der Waals surface area contributed by atoms with Gasteiger partial charge in [0.15, 0.2) is 0 Å². The Bertz CT molecular complexity index is 288. The van der Waals surface area contributed by atoms with Crippen LogP contribution in [0.5, 0.6) is 0 Å². The summed E-state index contributed by atoms with van der Waals surface area (Å²) in [5.74, 6) is 0.985. The predicted molar refractivity (Wildman–Crippen MR) is 81.4 cm³/mol. The van der Waals surface area contributed by atoms with Crippen LogP contribution in [0.3, 0.4) is 0 Å². The third kappa shape index (κ3) is 2.85. The summed E-state index contributed by atoms with van der Waals surface area (Å²) in [6.07, 6.45) is 8.78. The Morgan fingerprint density at radius 3 is 2.05 bits per heavy atom. The van der Waals surface area contributed by atoms with Crippen LogP contribution in [0.1, 0.15) is 59.3 Å². The van der Waals surface area contributed by atoms with Crippen LogP contribution in [0.15, 0.2) is 0 Å². The molecule has 0 atom stereocenters. The molecule has 1 aliphatic carbocycles. The normalized spacial score (nSPS) is 36.6. The summed E-state index contributed by atoms with van der Waals surface area (Å²) in [7, 11) is 0. The van der Waals surface area contributed by atoms with Crippen LogP contribution >= 0.6 is 0 Å². The molecule has 3 aliphatic rings. The lowest BCUT2D eigenvalue weighted by Crippen LogP contribution is -2.62. The first-order valence-electron chi connectivity index (χ1n) is 8.56. The fourth-order valence-corrected chi connectivity index (χ4v) is 4.47. The molecular weight excluding hydrogens is 232 g/mol. The third-order valence-electron chi connectivity index (χ3n) is 6.17. The molecule has 3 rings (SSSR count).